The number of carbonyl (C=O) groups is 1. The van der Waals surface area contributed by atoms with Crippen molar-refractivity contribution < 1.29 is 14.3 Å². The molecular formula is C22H28N2O3. The zero-order chi connectivity index (χ0) is 19.0. The van der Waals surface area contributed by atoms with Crippen molar-refractivity contribution in [1.29, 1.82) is 0 Å². The summed E-state index contributed by atoms with van der Waals surface area (Å²) in [6.45, 7) is 4.08. The fourth-order valence-corrected chi connectivity index (χ4v) is 7.06. The number of nitrogens with zero attached hydrogens (tertiary/aromatic N) is 2. The van der Waals surface area contributed by atoms with Crippen LogP contribution in [-0.4, -0.2) is 50.9 Å². The Labute approximate surface area is 160 Å². The predicted octanol–water partition coefficient (Wildman–Crippen LogP) is 2.94. The van der Waals surface area contributed by atoms with Gasteiger partial charge in [0, 0.05) is 31.2 Å². The van der Waals surface area contributed by atoms with Gasteiger partial charge in [-0.05, 0) is 55.9 Å². The van der Waals surface area contributed by atoms with Crippen molar-refractivity contribution >= 4 is 11.7 Å². The predicted molar refractivity (Wildman–Crippen MR) is 104 cm³/mol. The minimum absolute atomic E-state index is 0.0590. The first-order chi connectivity index (χ1) is 13.0. The first kappa shape index (κ1) is 17.1. The molecule has 5 aliphatic rings. The molecule has 1 unspecified atom stereocenters. The molecule has 0 aromatic heterocycles. The quantitative estimate of drug-likeness (QED) is 0.593. The highest BCUT2D eigenvalue weighted by Crippen LogP contribution is 2.69. The topological polar surface area (TPSA) is 42.0 Å². The second-order valence-corrected chi connectivity index (χ2v) is 8.41. The summed E-state index contributed by atoms with van der Waals surface area (Å²) in [5.41, 5.74) is 3.51. The number of likely N-dealkylation sites (N-methyl/N-ethyl adjacent to an activating group) is 1. The number of hydrogen-bond donors (Lipinski definition) is 0. The Hall–Kier alpha value is -2.01. The average Bonchev–Trinajstić information content (AvgIpc) is 3.03. The van der Waals surface area contributed by atoms with Crippen LogP contribution in [0.4, 0.5) is 5.69 Å². The van der Waals surface area contributed by atoms with Crippen LogP contribution < -0.4 is 9.64 Å². The normalized spacial score (nSPS) is 39.9. The molecule has 0 N–H and O–H groups in total. The third kappa shape index (κ3) is 1.73. The summed E-state index contributed by atoms with van der Waals surface area (Å²) in [5, 5.41) is 0. The van der Waals surface area contributed by atoms with Gasteiger partial charge in [-0.25, -0.2) is 0 Å². The number of methoxy groups -OCH3 is 2. The van der Waals surface area contributed by atoms with E-state index >= 15 is 0 Å². The maximum atomic E-state index is 13.2. The van der Waals surface area contributed by atoms with E-state index in [1.807, 2.05) is 6.07 Å². The third-order valence-corrected chi connectivity index (χ3v) is 8.03. The molecule has 27 heavy (non-hydrogen) atoms. The van der Waals surface area contributed by atoms with Gasteiger partial charge in [0.05, 0.1) is 20.1 Å². The number of allylic oxidation sites excluding steroid dienone is 1. The average molecular weight is 368 g/mol. The lowest BCUT2D eigenvalue weighted by atomic mass is 9.54. The lowest BCUT2D eigenvalue weighted by Crippen LogP contribution is -2.66. The highest BCUT2D eigenvalue weighted by atomic mass is 16.5. The first-order valence-corrected chi connectivity index (χ1v) is 9.95. The third-order valence-electron chi connectivity index (χ3n) is 8.03. The van der Waals surface area contributed by atoms with Crippen LogP contribution in [0.25, 0.3) is 0 Å². The van der Waals surface area contributed by atoms with Gasteiger partial charge in [0.2, 0.25) is 0 Å². The smallest absolute Gasteiger partial charge is 0.310 e. The Morgan fingerprint density at radius 3 is 2.81 bits per heavy atom. The highest BCUT2D eigenvalue weighted by molar-refractivity contribution is 5.82. The second-order valence-electron chi connectivity index (χ2n) is 8.41. The molecule has 1 spiro atoms. The summed E-state index contributed by atoms with van der Waals surface area (Å²) in [6, 6.07) is 6.38. The van der Waals surface area contributed by atoms with Gasteiger partial charge in [-0.1, -0.05) is 11.6 Å². The van der Waals surface area contributed by atoms with Crippen LogP contribution in [0.3, 0.4) is 0 Å². The molecule has 5 atom stereocenters. The van der Waals surface area contributed by atoms with E-state index < -0.39 is 0 Å². The number of fused-ring (bicyclic) bond motifs is 3. The van der Waals surface area contributed by atoms with Crippen molar-refractivity contribution in [2.75, 3.05) is 39.3 Å². The number of ether oxygens (including phenoxy) is 2. The SMILES string of the molecule is CC=C1CN2CC[C@@]34c5cc(OC)ccc5N(C)[C@@]23CC[C@@H]1[C@H]4C(=O)OC. The van der Waals surface area contributed by atoms with Crippen LogP contribution in [0.5, 0.6) is 5.75 Å². The van der Waals surface area contributed by atoms with E-state index in [0.717, 1.165) is 38.1 Å². The standard InChI is InChI=1S/C22H28N2O3/c1-5-14-13-24-11-10-21-17-12-15(26-3)6-7-18(17)23(2)22(21,24)9-8-16(14)19(21)20(25)27-4/h5-7,12,16,19H,8-11,13H2,1-4H3/t16-,19-,21-,22-/m0/s1. The molecule has 5 nitrogen and oxygen atoms in total. The van der Waals surface area contributed by atoms with Crippen LogP contribution in [-0.2, 0) is 14.9 Å². The van der Waals surface area contributed by atoms with E-state index in [4.69, 9.17) is 9.47 Å². The van der Waals surface area contributed by atoms with Crippen LogP contribution in [0.15, 0.2) is 29.8 Å². The Kier molecular flexibility index (Phi) is 3.49. The summed E-state index contributed by atoms with van der Waals surface area (Å²) < 4.78 is 11.0. The molecule has 5 heteroatoms. The molecule has 1 aliphatic carbocycles. The molecule has 0 radical (unpaired) electrons. The highest BCUT2D eigenvalue weighted by Gasteiger charge is 2.75. The van der Waals surface area contributed by atoms with Gasteiger partial charge >= 0.3 is 5.97 Å². The maximum absolute atomic E-state index is 13.2. The number of hydrogen-bond acceptors (Lipinski definition) is 5. The van der Waals surface area contributed by atoms with Crippen LogP contribution in [0.2, 0.25) is 0 Å². The number of benzene rings is 1. The first-order valence-electron chi connectivity index (χ1n) is 9.95. The fourth-order valence-electron chi connectivity index (χ4n) is 7.06. The Bertz CT molecular complexity index is 850. The van der Waals surface area contributed by atoms with Crippen molar-refractivity contribution in [2.45, 2.75) is 37.3 Å². The lowest BCUT2D eigenvalue weighted by molar-refractivity contribution is -0.154. The van der Waals surface area contributed by atoms with Gasteiger partial charge in [0.15, 0.2) is 0 Å². The fraction of sp³-hybridized carbons (Fsp3) is 0.591. The Morgan fingerprint density at radius 2 is 2.11 bits per heavy atom. The molecule has 1 aromatic carbocycles. The van der Waals surface area contributed by atoms with E-state index in [9.17, 15) is 4.79 Å². The molecule has 4 bridgehead atoms. The van der Waals surface area contributed by atoms with Gasteiger partial charge < -0.3 is 14.4 Å². The van der Waals surface area contributed by atoms with Crippen molar-refractivity contribution in [2.24, 2.45) is 11.8 Å². The van der Waals surface area contributed by atoms with Gasteiger partial charge in [-0.15, -0.1) is 0 Å². The largest absolute Gasteiger partial charge is 0.497 e. The van der Waals surface area contributed by atoms with Gasteiger partial charge in [0.1, 0.15) is 11.4 Å². The molecule has 4 fully saturated rings. The summed E-state index contributed by atoms with van der Waals surface area (Å²) in [6.07, 6.45) is 5.34. The Morgan fingerprint density at radius 1 is 1.30 bits per heavy atom. The van der Waals surface area contributed by atoms with Crippen LogP contribution in [0, 0.1) is 11.8 Å². The van der Waals surface area contributed by atoms with E-state index in [1.165, 1.54) is 23.9 Å². The molecule has 4 aliphatic heterocycles. The number of carbonyl (C=O) groups excluding carboxylic acids is 1. The maximum Gasteiger partial charge on any atom is 0.310 e. The molecule has 6 rings (SSSR count). The zero-order valence-corrected chi connectivity index (χ0v) is 16.6. The molecule has 3 saturated heterocycles. The summed E-state index contributed by atoms with van der Waals surface area (Å²) in [5.74, 6) is 0.912. The van der Waals surface area contributed by atoms with E-state index in [1.54, 1.807) is 7.11 Å². The zero-order valence-electron chi connectivity index (χ0n) is 16.6. The molecule has 1 saturated carbocycles. The van der Waals surface area contributed by atoms with Gasteiger partial charge in [-0.3, -0.25) is 9.69 Å². The minimum Gasteiger partial charge on any atom is -0.497 e. The molecule has 0 amide bonds. The lowest BCUT2D eigenvalue weighted by Gasteiger charge is -2.54. The van der Waals surface area contributed by atoms with Crippen LogP contribution >= 0.6 is 0 Å². The molecule has 4 heterocycles. The van der Waals surface area contributed by atoms with Crippen molar-refractivity contribution in [3.63, 3.8) is 0 Å². The molecule has 1 aromatic rings. The Balaban J connectivity index is 1.84. The van der Waals surface area contributed by atoms with Gasteiger partial charge in [-0.2, -0.15) is 0 Å². The van der Waals surface area contributed by atoms with Gasteiger partial charge in [0.25, 0.3) is 0 Å². The molecular weight excluding hydrogens is 340 g/mol. The molecule has 144 valence electrons. The van der Waals surface area contributed by atoms with E-state index in [-0.39, 0.29) is 28.9 Å². The minimum atomic E-state index is -0.244. The number of esters is 1. The monoisotopic (exact) mass is 368 g/mol. The summed E-state index contributed by atoms with van der Waals surface area (Å²) >= 11 is 0. The van der Waals surface area contributed by atoms with Crippen LogP contribution in [0.1, 0.15) is 31.7 Å². The second kappa shape index (κ2) is 5.51. The number of rotatable bonds is 2. The van der Waals surface area contributed by atoms with Crippen molar-refractivity contribution in [3.8, 4) is 5.75 Å². The van der Waals surface area contributed by atoms with E-state index in [0.29, 0.717) is 0 Å². The number of anilines is 1. The van der Waals surface area contributed by atoms with Crippen molar-refractivity contribution in [1.82, 2.24) is 4.90 Å². The summed E-state index contributed by atoms with van der Waals surface area (Å²) in [7, 11) is 5.46. The van der Waals surface area contributed by atoms with E-state index in [2.05, 4.69) is 42.0 Å². The van der Waals surface area contributed by atoms with Crippen molar-refractivity contribution in [3.05, 3.63) is 35.4 Å². The summed E-state index contributed by atoms with van der Waals surface area (Å²) in [4.78, 5) is 18.3.